The number of amides is 2. The van der Waals surface area contributed by atoms with Gasteiger partial charge in [-0.3, -0.25) is 10.2 Å². The first-order chi connectivity index (χ1) is 15.1. The minimum atomic E-state index is -0.0336. The molecule has 2 aliphatic carbocycles. The van der Waals surface area contributed by atoms with Gasteiger partial charge in [0.1, 0.15) is 18.0 Å². The molecule has 1 aromatic heterocycles. The molecular weight excluding hydrogens is 388 g/mol. The van der Waals surface area contributed by atoms with Crippen molar-refractivity contribution in [2.75, 3.05) is 36.4 Å². The Hall–Kier alpha value is -1.89. The Kier molecular flexibility index (Phi) is 7.64. The first kappa shape index (κ1) is 22.3. The normalized spacial score (nSPS) is 22.0. The van der Waals surface area contributed by atoms with Gasteiger partial charge in [-0.1, -0.05) is 38.5 Å². The van der Waals surface area contributed by atoms with Crippen molar-refractivity contribution in [3.8, 4) is 0 Å². The summed E-state index contributed by atoms with van der Waals surface area (Å²) in [5.74, 6) is 1.52. The van der Waals surface area contributed by atoms with Gasteiger partial charge in [0.25, 0.3) is 0 Å². The molecule has 0 unspecified atom stereocenters. The van der Waals surface area contributed by atoms with Gasteiger partial charge in [-0.05, 0) is 39.5 Å². The molecule has 0 atom stereocenters. The smallest absolute Gasteiger partial charge is 0.323 e. The lowest BCUT2D eigenvalue weighted by atomic mass is 9.93. The summed E-state index contributed by atoms with van der Waals surface area (Å²) in [4.78, 5) is 29.0. The van der Waals surface area contributed by atoms with Crippen molar-refractivity contribution < 1.29 is 4.79 Å². The van der Waals surface area contributed by atoms with Crippen molar-refractivity contribution in [3.05, 3.63) is 12.4 Å². The molecule has 0 spiro atoms. The molecule has 2 heterocycles. The number of hydrogen-bond acceptors (Lipinski definition) is 5. The minimum Gasteiger partial charge on any atom is -0.354 e. The van der Waals surface area contributed by atoms with E-state index in [4.69, 9.17) is 0 Å². The highest BCUT2D eigenvalue weighted by Crippen LogP contribution is 2.26. The summed E-state index contributed by atoms with van der Waals surface area (Å²) in [7, 11) is 0. The number of anilines is 2. The average Bonchev–Trinajstić information content (AvgIpc) is 2.80. The number of aromatic nitrogens is 2. The van der Waals surface area contributed by atoms with Crippen LogP contribution in [0.5, 0.6) is 0 Å². The van der Waals surface area contributed by atoms with E-state index < -0.39 is 0 Å². The van der Waals surface area contributed by atoms with E-state index in [2.05, 4.69) is 38.9 Å². The van der Waals surface area contributed by atoms with Gasteiger partial charge in [-0.15, -0.1) is 0 Å². The zero-order valence-electron chi connectivity index (χ0n) is 19.4. The molecule has 2 saturated carbocycles. The molecule has 7 nitrogen and oxygen atoms in total. The minimum absolute atomic E-state index is 0.0336. The Morgan fingerprint density at radius 1 is 0.968 bits per heavy atom. The monoisotopic (exact) mass is 428 g/mol. The summed E-state index contributed by atoms with van der Waals surface area (Å²) in [6.45, 7) is 8.37. The average molecular weight is 429 g/mol. The number of urea groups is 1. The zero-order chi connectivity index (χ0) is 21.6. The highest BCUT2D eigenvalue weighted by atomic mass is 16.2. The third-order valence-corrected chi connectivity index (χ3v) is 7.38. The van der Waals surface area contributed by atoms with Crippen molar-refractivity contribution in [3.63, 3.8) is 0 Å². The molecule has 0 bridgehead atoms. The fourth-order valence-electron chi connectivity index (χ4n) is 5.71. The van der Waals surface area contributed by atoms with Crippen molar-refractivity contribution in [1.82, 2.24) is 19.8 Å². The fraction of sp³-hybridized carbons (Fsp3) is 0.792. The van der Waals surface area contributed by atoms with Crippen LogP contribution in [0.1, 0.15) is 78.1 Å². The maximum atomic E-state index is 13.1. The largest absolute Gasteiger partial charge is 0.354 e. The Bertz CT molecular complexity index is 706. The molecule has 0 radical (unpaired) electrons. The van der Waals surface area contributed by atoms with Crippen LogP contribution in [0.25, 0.3) is 0 Å². The van der Waals surface area contributed by atoms with Gasteiger partial charge in [0.15, 0.2) is 0 Å². The maximum absolute atomic E-state index is 13.1. The van der Waals surface area contributed by atoms with E-state index in [1.807, 2.05) is 11.0 Å². The molecule has 31 heavy (non-hydrogen) atoms. The number of carbonyl (C=O) groups excluding carboxylic acids is 1. The topological polar surface area (TPSA) is 64.6 Å². The molecule has 1 saturated heterocycles. The van der Waals surface area contributed by atoms with Crippen molar-refractivity contribution in [2.24, 2.45) is 0 Å². The molecule has 3 fully saturated rings. The van der Waals surface area contributed by atoms with Crippen molar-refractivity contribution >= 4 is 17.7 Å². The number of nitrogens with one attached hydrogen (secondary N) is 1. The molecule has 3 aliphatic rings. The lowest BCUT2D eigenvalue weighted by Gasteiger charge is -2.41. The Balaban J connectivity index is 1.35. The molecule has 4 rings (SSSR count). The Labute approximate surface area is 187 Å². The summed E-state index contributed by atoms with van der Waals surface area (Å²) in [6, 6.07) is 3.19. The van der Waals surface area contributed by atoms with Crippen LogP contribution in [0.3, 0.4) is 0 Å². The van der Waals surface area contributed by atoms with Crippen molar-refractivity contribution in [2.45, 2.75) is 96.2 Å². The van der Waals surface area contributed by atoms with Gasteiger partial charge < -0.3 is 9.80 Å². The maximum Gasteiger partial charge on any atom is 0.323 e. The lowest BCUT2D eigenvalue weighted by Crippen LogP contribution is -2.51. The second-order valence-electron chi connectivity index (χ2n) is 9.80. The van der Waals surface area contributed by atoms with E-state index in [1.165, 1.54) is 51.4 Å². The van der Waals surface area contributed by atoms with Crippen LogP contribution in [-0.4, -0.2) is 70.1 Å². The van der Waals surface area contributed by atoms with Gasteiger partial charge >= 0.3 is 6.03 Å². The number of nitrogens with zero attached hydrogens (tertiary/aromatic N) is 5. The molecule has 2 amide bonds. The predicted octanol–water partition coefficient (Wildman–Crippen LogP) is 4.51. The summed E-state index contributed by atoms with van der Waals surface area (Å²) in [5.41, 5.74) is 0. The fourth-order valence-corrected chi connectivity index (χ4v) is 5.71. The van der Waals surface area contributed by atoms with Crippen LogP contribution in [-0.2, 0) is 0 Å². The number of rotatable bonds is 5. The van der Waals surface area contributed by atoms with Crippen LogP contribution in [0.4, 0.5) is 16.4 Å². The first-order valence-electron chi connectivity index (χ1n) is 12.5. The van der Waals surface area contributed by atoms with E-state index in [9.17, 15) is 4.79 Å². The van der Waals surface area contributed by atoms with E-state index >= 15 is 0 Å². The SMILES string of the molecule is CC(C)N(C(=O)Nc1cc(N2CCN(C3CCCCC3)CC2)ncn1)C1CCCCC1. The Morgan fingerprint density at radius 3 is 2.26 bits per heavy atom. The lowest BCUT2D eigenvalue weighted by molar-refractivity contribution is 0.145. The second-order valence-corrected chi connectivity index (χ2v) is 9.80. The van der Waals surface area contributed by atoms with Crippen LogP contribution in [0.15, 0.2) is 12.4 Å². The number of hydrogen-bond donors (Lipinski definition) is 1. The van der Waals surface area contributed by atoms with E-state index in [0.29, 0.717) is 11.9 Å². The molecular formula is C24H40N6O. The van der Waals surface area contributed by atoms with Gasteiger partial charge in [0.2, 0.25) is 0 Å². The molecule has 1 aromatic rings. The quantitative estimate of drug-likeness (QED) is 0.748. The molecule has 172 valence electrons. The Morgan fingerprint density at radius 2 is 1.61 bits per heavy atom. The number of piperazine rings is 1. The van der Waals surface area contributed by atoms with Gasteiger partial charge in [0.05, 0.1) is 0 Å². The summed E-state index contributed by atoms with van der Waals surface area (Å²) < 4.78 is 0. The third kappa shape index (κ3) is 5.68. The van der Waals surface area contributed by atoms with E-state index in [0.717, 1.165) is 50.9 Å². The highest BCUT2D eigenvalue weighted by Gasteiger charge is 2.29. The molecule has 0 aromatic carbocycles. The summed E-state index contributed by atoms with van der Waals surface area (Å²) in [6.07, 6.45) is 14.4. The van der Waals surface area contributed by atoms with Gasteiger partial charge in [-0.25, -0.2) is 14.8 Å². The number of carbonyl (C=O) groups is 1. The van der Waals surface area contributed by atoms with Gasteiger partial charge in [-0.2, -0.15) is 0 Å². The van der Waals surface area contributed by atoms with E-state index in [1.54, 1.807) is 6.33 Å². The second kappa shape index (κ2) is 10.6. The third-order valence-electron chi connectivity index (χ3n) is 7.38. The van der Waals surface area contributed by atoms with Crippen LogP contribution >= 0.6 is 0 Å². The summed E-state index contributed by atoms with van der Waals surface area (Å²) in [5, 5.41) is 3.06. The first-order valence-corrected chi connectivity index (χ1v) is 12.5. The molecule has 1 N–H and O–H groups in total. The van der Waals surface area contributed by atoms with Gasteiger partial charge in [0, 0.05) is 50.4 Å². The van der Waals surface area contributed by atoms with Crippen LogP contribution in [0, 0.1) is 0 Å². The van der Waals surface area contributed by atoms with Crippen LogP contribution in [0.2, 0.25) is 0 Å². The zero-order valence-corrected chi connectivity index (χ0v) is 19.4. The summed E-state index contributed by atoms with van der Waals surface area (Å²) >= 11 is 0. The molecule has 1 aliphatic heterocycles. The van der Waals surface area contributed by atoms with E-state index in [-0.39, 0.29) is 12.1 Å². The predicted molar refractivity (Wildman–Crippen MR) is 126 cm³/mol. The van der Waals surface area contributed by atoms with Crippen molar-refractivity contribution in [1.29, 1.82) is 0 Å². The van der Waals surface area contributed by atoms with Crippen LogP contribution < -0.4 is 10.2 Å². The highest BCUT2D eigenvalue weighted by molar-refractivity contribution is 5.89. The molecule has 7 heteroatoms. The standard InChI is InChI=1S/C24H40N6O/c1-19(2)30(21-11-7-4-8-12-21)24(31)27-22-17-23(26-18-25-22)29-15-13-28(14-16-29)20-9-5-3-6-10-20/h17-21H,3-16H2,1-2H3,(H,25,26,27,31).